The average molecular weight is 310 g/mol. The van der Waals surface area contributed by atoms with Gasteiger partial charge in [-0.3, -0.25) is 9.69 Å². The molecule has 22 heavy (non-hydrogen) atoms. The molecule has 0 aromatic heterocycles. The van der Waals surface area contributed by atoms with Gasteiger partial charge in [-0.2, -0.15) is 0 Å². The van der Waals surface area contributed by atoms with Crippen LogP contribution in [0.3, 0.4) is 0 Å². The molecule has 0 aromatic carbocycles. The van der Waals surface area contributed by atoms with E-state index in [2.05, 4.69) is 28.7 Å². The summed E-state index contributed by atoms with van der Waals surface area (Å²) in [5.41, 5.74) is 6.12. The first kappa shape index (κ1) is 17.7. The third-order valence-electron chi connectivity index (χ3n) is 5.20. The standard InChI is InChI=1S/C17H34N4O/c1-3-4-8-16(18)17(22)21-9-6-5-7-15(14-21)20-12-10-19(2)11-13-20/h15-16H,3-14,18H2,1-2H3/t15-,16-/m0/s1. The van der Waals surface area contributed by atoms with Gasteiger partial charge in [0.05, 0.1) is 6.04 Å². The van der Waals surface area contributed by atoms with E-state index in [1.54, 1.807) is 0 Å². The molecule has 2 fully saturated rings. The number of nitrogens with zero attached hydrogens (tertiary/aromatic N) is 3. The zero-order chi connectivity index (χ0) is 15.9. The van der Waals surface area contributed by atoms with Crippen molar-refractivity contribution in [3.05, 3.63) is 0 Å². The molecule has 0 unspecified atom stereocenters. The van der Waals surface area contributed by atoms with Crippen LogP contribution in [0.15, 0.2) is 0 Å². The van der Waals surface area contributed by atoms with Crippen LogP contribution in [-0.4, -0.2) is 79.0 Å². The highest BCUT2D eigenvalue weighted by atomic mass is 16.2. The molecule has 2 aliphatic rings. The summed E-state index contributed by atoms with van der Waals surface area (Å²) >= 11 is 0. The lowest BCUT2D eigenvalue weighted by Gasteiger charge is -2.39. The van der Waals surface area contributed by atoms with Crippen molar-refractivity contribution >= 4 is 5.91 Å². The Morgan fingerprint density at radius 3 is 2.59 bits per heavy atom. The highest BCUT2D eigenvalue weighted by Crippen LogP contribution is 2.18. The van der Waals surface area contributed by atoms with Gasteiger partial charge in [-0.15, -0.1) is 0 Å². The third-order valence-corrected chi connectivity index (χ3v) is 5.20. The van der Waals surface area contributed by atoms with Crippen LogP contribution in [0.25, 0.3) is 0 Å². The number of unbranched alkanes of at least 4 members (excludes halogenated alkanes) is 1. The van der Waals surface area contributed by atoms with E-state index in [1.165, 1.54) is 12.8 Å². The number of amides is 1. The van der Waals surface area contributed by atoms with E-state index in [0.29, 0.717) is 6.04 Å². The van der Waals surface area contributed by atoms with Gasteiger partial charge in [0.15, 0.2) is 0 Å². The Kier molecular flexibility index (Phi) is 7.12. The van der Waals surface area contributed by atoms with E-state index < -0.39 is 0 Å². The normalized spacial score (nSPS) is 26.7. The first-order valence-electron chi connectivity index (χ1n) is 9.08. The zero-order valence-electron chi connectivity index (χ0n) is 14.5. The second-order valence-electron chi connectivity index (χ2n) is 7.02. The Morgan fingerprint density at radius 1 is 1.18 bits per heavy atom. The molecular formula is C17H34N4O. The maximum Gasteiger partial charge on any atom is 0.239 e. The summed E-state index contributed by atoms with van der Waals surface area (Å²) < 4.78 is 0. The summed E-state index contributed by atoms with van der Waals surface area (Å²) in [7, 11) is 2.19. The maximum atomic E-state index is 12.6. The number of carbonyl (C=O) groups excluding carboxylic acids is 1. The van der Waals surface area contributed by atoms with Crippen molar-refractivity contribution in [1.29, 1.82) is 0 Å². The Bertz CT molecular complexity index is 342. The molecule has 1 amide bonds. The van der Waals surface area contributed by atoms with Crippen LogP contribution >= 0.6 is 0 Å². The summed E-state index contributed by atoms with van der Waals surface area (Å²) in [6.45, 7) is 8.45. The number of piperazine rings is 1. The molecule has 5 nitrogen and oxygen atoms in total. The molecule has 128 valence electrons. The van der Waals surface area contributed by atoms with E-state index in [4.69, 9.17) is 5.73 Å². The molecule has 2 N–H and O–H groups in total. The predicted octanol–water partition coefficient (Wildman–Crippen LogP) is 1.13. The number of hydrogen-bond donors (Lipinski definition) is 1. The minimum Gasteiger partial charge on any atom is -0.340 e. The van der Waals surface area contributed by atoms with Crippen LogP contribution in [0.5, 0.6) is 0 Å². The van der Waals surface area contributed by atoms with Crippen molar-refractivity contribution in [2.45, 2.75) is 57.5 Å². The molecule has 2 aliphatic heterocycles. The van der Waals surface area contributed by atoms with Crippen LogP contribution in [0, 0.1) is 0 Å². The SMILES string of the molecule is CCCC[C@H](N)C(=O)N1CCCC[C@H](N2CCN(C)CC2)C1. The van der Waals surface area contributed by atoms with Crippen molar-refractivity contribution in [2.75, 3.05) is 46.3 Å². The van der Waals surface area contributed by atoms with Crippen molar-refractivity contribution in [3.63, 3.8) is 0 Å². The minimum atomic E-state index is -0.300. The fourth-order valence-corrected chi connectivity index (χ4v) is 3.59. The van der Waals surface area contributed by atoms with E-state index in [0.717, 1.165) is 65.0 Å². The lowest BCUT2D eigenvalue weighted by atomic mass is 10.1. The van der Waals surface area contributed by atoms with Crippen molar-refractivity contribution in [3.8, 4) is 0 Å². The molecular weight excluding hydrogens is 276 g/mol. The van der Waals surface area contributed by atoms with Gasteiger partial charge in [0.25, 0.3) is 0 Å². The van der Waals surface area contributed by atoms with Crippen molar-refractivity contribution < 1.29 is 4.79 Å². The van der Waals surface area contributed by atoms with Crippen molar-refractivity contribution in [2.24, 2.45) is 5.73 Å². The van der Waals surface area contributed by atoms with Crippen LogP contribution in [-0.2, 0) is 4.79 Å². The lowest BCUT2D eigenvalue weighted by Crippen LogP contribution is -2.54. The van der Waals surface area contributed by atoms with Gasteiger partial charge < -0.3 is 15.5 Å². The van der Waals surface area contributed by atoms with E-state index in [-0.39, 0.29) is 11.9 Å². The highest BCUT2D eigenvalue weighted by Gasteiger charge is 2.29. The van der Waals surface area contributed by atoms with Crippen LogP contribution in [0.2, 0.25) is 0 Å². The first-order valence-corrected chi connectivity index (χ1v) is 9.08. The summed E-state index contributed by atoms with van der Waals surface area (Å²) in [4.78, 5) is 19.6. The predicted molar refractivity (Wildman–Crippen MR) is 90.8 cm³/mol. The topological polar surface area (TPSA) is 52.8 Å². The third kappa shape index (κ3) is 4.93. The summed E-state index contributed by atoms with van der Waals surface area (Å²) in [6, 6.07) is 0.227. The van der Waals surface area contributed by atoms with Crippen molar-refractivity contribution in [1.82, 2.24) is 14.7 Å². The molecule has 2 heterocycles. The monoisotopic (exact) mass is 310 g/mol. The molecule has 0 bridgehead atoms. The molecule has 0 aliphatic carbocycles. The van der Waals surface area contributed by atoms with Crippen LogP contribution in [0.4, 0.5) is 0 Å². The fourth-order valence-electron chi connectivity index (χ4n) is 3.59. The van der Waals surface area contributed by atoms with E-state index in [1.807, 2.05) is 0 Å². The van der Waals surface area contributed by atoms with Crippen LogP contribution in [0.1, 0.15) is 45.4 Å². The van der Waals surface area contributed by atoms with Gasteiger partial charge in [-0.05, 0) is 26.3 Å². The highest BCUT2D eigenvalue weighted by molar-refractivity contribution is 5.81. The number of rotatable bonds is 5. The first-order chi connectivity index (χ1) is 10.6. The molecule has 2 saturated heterocycles. The lowest BCUT2D eigenvalue weighted by molar-refractivity contribution is -0.133. The Morgan fingerprint density at radius 2 is 1.91 bits per heavy atom. The van der Waals surface area contributed by atoms with Gasteiger partial charge >= 0.3 is 0 Å². The molecule has 0 aromatic rings. The second-order valence-corrected chi connectivity index (χ2v) is 7.02. The Hall–Kier alpha value is -0.650. The molecule has 5 heteroatoms. The van der Waals surface area contributed by atoms with E-state index in [9.17, 15) is 4.79 Å². The largest absolute Gasteiger partial charge is 0.340 e. The van der Waals surface area contributed by atoms with Gasteiger partial charge in [0.1, 0.15) is 0 Å². The molecule has 2 rings (SSSR count). The molecule has 0 radical (unpaired) electrons. The molecule has 0 saturated carbocycles. The Labute approximate surface area is 135 Å². The smallest absolute Gasteiger partial charge is 0.239 e. The van der Waals surface area contributed by atoms with Gasteiger partial charge in [-0.1, -0.05) is 26.2 Å². The van der Waals surface area contributed by atoms with Gasteiger partial charge in [0, 0.05) is 45.3 Å². The van der Waals surface area contributed by atoms with Gasteiger partial charge in [0.2, 0.25) is 5.91 Å². The zero-order valence-corrected chi connectivity index (χ0v) is 14.5. The van der Waals surface area contributed by atoms with Gasteiger partial charge in [-0.25, -0.2) is 0 Å². The number of hydrogen-bond acceptors (Lipinski definition) is 4. The summed E-state index contributed by atoms with van der Waals surface area (Å²) in [5.74, 6) is 0.175. The fraction of sp³-hybridized carbons (Fsp3) is 0.941. The maximum absolute atomic E-state index is 12.6. The Balaban J connectivity index is 1.90. The minimum absolute atomic E-state index is 0.175. The van der Waals surface area contributed by atoms with Crippen LogP contribution < -0.4 is 5.73 Å². The average Bonchev–Trinajstić information content (AvgIpc) is 2.78. The second kappa shape index (κ2) is 8.85. The number of carbonyl (C=O) groups is 1. The molecule has 2 atom stereocenters. The van der Waals surface area contributed by atoms with E-state index >= 15 is 0 Å². The number of likely N-dealkylation sites (tertiary alicyclic amines) is 1. The summed E-state index contributed by atoms with van der Waals surface area (Å²) in [6.07, 6.45) is 6.54. The number of likely N-dealkylation sites (N-methyl/N-ethyl adjacent to an activating group) is 1. The number of nitrogens with two attached hydrogens (primary N) is 1. The summed E-state index contributed by atoms with van der Waals surface area (Å²) in [5, 5.41) is 0. The quantitative estimate of drug-likeness (QED) is 0.827. The molecule has 0 spiro atoms.